The lowest BCUT2D eigenvalue weighted by atomic mass is 10.2. The highest BCUT2D eigenvalue weighted by Gasteiger charge is 1.98. The van der Waals surface area contributed by atoms with Crippen LogP contribution in [0.5, 0.6) is 11.5 Å². The van der Waals surface area contributed by atoms with E-state index < -0.39 is 0 Å². The van der Waals surface area contributed by atoms with Crippen LogP contribution in [0.25, 0.3) is 0 Å². The minimum Gasteiger partial charge on any atom is -0.508 e. The van der Waals surface area contributed by atoms with E-state index in [1.54, 1.807) is 0 Å². The molecule has 5 nitrogen and oxygen atoms in total. The molecule has 5 heteroatoms. The predicted molar refractivity (Wildman–Crippen MR) is 51.2 cm³/mol. The Morgan fingerprint density at radius 2 is 2.21 bits per heavy atom. The van der Waals surface area contributed by atoms with Crippen LogP contribution in [0.3, 0.4) is 0 Å². The van der Waals surface area contributed by atoms with Crippen molar-refractivity contribution in [1.82, 2.24) is 5.43 Å². The molecule has 0 saturated heterocycles. The smallest absolute Gasteiger partial charge is 0.236 e. The van der Waals surface area contributed by atoms with Crippen molar-refractivity contribution < 1.29 is 15.0 Å². The van der Waals surface area contributed by atoms with Crippen molar-refractivity contribution in [3.05, 3.63) is 23.8 Å². The van der Waals surface area contributed by atoms with Crippen LogP contribution in [0.2, 0.25) is 0 Å². The molecule has 1 aromatic rings. The normalized spacial score (nSPS) is 10.4. The van der Waals surface area contributed by atoms with Crippen LogP contribution in [-0.2, 0) is 4.79 Å². The molecule has 0 saturated carbocycles. The third-order valence-electron chi connectivity index (χ3n) is 1.44. The van der Waals surface area contributed by atoms with Crippen LogP contribution in [0.4, 0.5) is 0 Å². The fourth-order valence-corrected chi connectivity index (χ4v) is 0.834. The lowest BCUT2D eigenvalue weighted by Crippen LogP contribution is -2.12. The molecule has 0 aliphatic rings. The maximum absolute atomic E-state index is 10.4. The number of nitrogens with zero attached hydrogens (tertiary/aromatic N) is 1. The van der Waals surface area contributed by atoms with Gasteiger partial charge in [0.15, 0.2) is 0 Å². The molecule has 0 aliphatic carbocycles. The first-order chi connectivity index (χ1) is 6.59. The molecule has 0 fully saturated rings. The van der Waals surface area contributed by atoms with Gasteiger partial charge in [-0.1, -0.05) is 0 Å². The Bertz CT molecular complexity index is 374. The standard InChI is InChI=1S/C9H10N2O3/c1-6(12)11-10-5-7-2-3-8(13)4-9(7)14/h2-5,13-14H,1H3,(H,11,12)/b10-5-. The molecule has 1 amide bonds. The fraction of sp³-hybridized carbons (Fsp3) is 0.111. The maximum atomic E-state index is 10.4. The number of benzene rings is 1. The molecule has 1 rings (SSSR count). The summed E-state index contributed by atoms with van der Waals surface area (Å²) in [4.78, 5) is 10.4. The van der Waals surface area contributed by atoms with Crippen LogP contribution < -0.4 is 5.43 Å². The Hall–Kier alpha value is -2.04. The van der Waals surface area contributed by atoms with Crippen molar-refractivity contribution in [3.63, 3.8) is 0 Å². The average molecular weight is 194 g/mol. The highest BCUT2D eigenvalue weighted by atomic mass is 16.3. The zero-order valence-corrected chi connectivity index (χ0v) is 7.56. The third-order valence-corrected chi connectivity index (χ3v) is 1.44. The van der Waals surface area contributed by atoms with E-state index in [1.807, 2.05) is 0 Å². The van der Waals surface area contributed by atoms with Gasteiger partial charge in [-0.05, 0) is 12.1 Å². The molecule has 14 heavy (non-hydrogen) atoms. The van der Waals surface area contributed by atoms with Gasteiger partial charge in [-0.15, -0.1) is 0 Å². The Morgan fingerprint density at radius 3 is 2.79 bits per heavy atom. The van der Waals surface area contributed by atoms with Crippen molar-refractivity contribution >= 4 is 12.1 Å². The Kier molecular flexibility index (Phi) is 3.06. The van der Waals surface area contributed by atoms with Crippen LogP contribution in [0, 0.1) is 0 Å². The summed E-state index contributed by atoms with van der Waals surface area (Å²) in [5, 5.41) is 21.8. The molecule has 0 aliphatic heterocycles. The number of hydrogen-bond donors (Lipinski definition) is 3. The highest BCUT2D eigenvalue weighted by molar-refractivity contribution is 5.84. The van der Waals surface area contributed by atoms with Gasteiger partial charge in [0.25, 0.3) is 0 Å². The highest BCUT2D eigenvalue weighted by Crippen LogP contribution is 2.20. The number of phenols is 2. The van der Waals surface area contributed by atoms with E-state index >= 15 is 0 Å². The Morgan fingerprint density at radius 1 is 1.50 bits per heavy atom. The second-order valence-electron chi connectivity index (χ2n) is 2.67. The second kappa shape index (κ2) is 4.27. The van der Waals surface area contributed by atoms with Gasteiger partial charge in [-0.3, -0.25) is 4.79 Å². The summed E-state index contributed by atoms with van der Waals surface area (Å²) in [5.41, 5.74) is 2.61. The van der Waals surface area contributed by atoms with E-state index in [4.69, 9.17) is 5.11 Å². The van der Waals surface area contributed by atoms with Crippen LogP contribution >= 0.6 is 0 Å². The number of carbonyl (C=O) groups is 1. The zero-order valence-electron chi connectivity index (χ0n) is 7.56. The number of hydrogen-bond acceptors (Lipinski definition) is 4. The number of rotatable bonds is 2. The molecule has 3 N–H and O–H groups in total. The first-order valence-corrected chi connectivity index (χ1v) is 3.91. The SMILES string of the molecule is CC(=O)N/N=C\c1ccc(O)cc1O. The van der Waals surface area contributed by atoms with Crippen molar-refractivity contribution in [2.45, 2.75) is 6.92 Å². The number of hydrazone groups is 1. The number of carbonyl (C=O) groups excluding carboxylic acids is 1. The van der Waals surface area contributed by atoms with E-state index in [0.29, 0.717) is 5.56 Å². The van der Waals surface area contributed by atoms with Gasteiger partial charge in [-0.25, -0.2) is 5.43 Å². The molecule has 74 valence electrons. The summed E-state index contributed by atoms with van der Waals surface area (Å²) in [6, 6.07) is 4.08. The molecule has 0 aromatic heterocycles. The molecule has 0 atom stereocenters. The van der Waals surface area contributed by atoms with E-state index in [2.05, 4.69) is 10.5 Å². The van der Waals surface area contributed by atoms with Crippen molar-refractivity contribution in [1.29, 1.82) is 0 Å². The van der Waals surface area contributed by atoms with E-state index in [9.17, 15) is 9.90 Å². The van der Waals surface area contributed by atoms with Crippen LogP contribution in [0.1, 0.15) is 12.5 Å². The quantitative estimate of drug-likeness (QED) is 0.475. The van der Waals surface area contributed by atoms with E-state index in [-0.39, 0.29) is 17.4 Å². The van der Waals surface area contributed by atoms with Gasteiger partial charge >= 0.3 is 0 Å². The molecule has 0 unspecified atom stereocenters. The third kappa shape index (κ3) is 2.78. The lowest BCUT2D eigenvalue weighted by Gasteiger charge is -1.98. The molecule has 0 radical (unpaired) electrons. The number of nitrogens with one attached hydrogen (secondary N) is 1. The number of phenolic OH excluding ortho intramolecular Hbond substituents is 2. The number of amides is 1. The lowest BCUT2D eigenvalue weighted by molar-refractivity contribution is -0.118. The van der Waals surface area contributed by atoms with Crippen LogP contribution in [0.15, 0.2) is 23.3 Å². The second-order valence-corrected chi connectivity index (χ2v) is 2.67. The zero-order chi connectivity index (χ0) is 10.6. The summed E-state index contributed by atoms with van der Waals surface area (Å²) in [6.45, 7) is 1.33. The van der Waals surface area contributed by atoms with Gasteiger partial charge in [0.1, 0.15) is 11.5 Å². The minimum atomic E-state index is -0.292. The molecule has 0 bridgehead atoms. The minimum absolute atomic E-state index is 0.0285. The van der Waals surface area contributed by atoms with Gasteiger partial charge in [0, 0.05) is 18.6 Å². The van der Waals surface area contributed by atoms with Crippen molar-refractivity contribution in [3.8, 4) is 11.5 Å². The Labute approximate surface area is 80.7 Å². The molecule has 0 spiro atoms. The largest absolute Gasteiger partial charge is 0.508 e. The van der Waals surface area contributed by atoms with E-state index in [0.717, 1.165) is 0 Å². The van der Waals surface area contributed by atoms with Gasteiger partial charge < -0.3 is 10.2 Å². The van der Waals surface area contributed by atoms with Gasteiger partial charge in [0.05, 0.1) is 6.21 Å². The average Bonchev–Trinajstić information content (AvgIpc) is 2.08. The molecular formula is C9H10N2O3. The summed E-state index contributed by atoms with van der Waals surface area (Å²) in [6.07, 6.45) is 1.29. The van der Waals surface area contributed by atoms with Gasteiger partial charge in [-0.2, -0.15) is 5.10 Å². The summed E-state index contributed by atoms with van der Waals surface area (Å²) in [7, 11) is 0. The topological polar surface area (TPSA) is 81.9 Å². The Balaban J connectivity index is 2.76. The van der Waals surface area contributed by atoms with Crippen molar-refractivity contribution in [2.24, 2.45) is 5.10 Å². The summed E-state index contributed by atoms with van der Waals surface area (Å²) < 4.78 is 0. The van der Waals surface area contributed by atoms with Crippen LogP contribution in [-0.4, -0.2) is 22.3 Å². The predicted octanol–water partition coefficient (Wildman–Crippen LogP) is 0.568. The monoisotopic (exact) mass is 194 g/mol. The van der Waals surface area contributed by atoms with E-state index in [1.165, 1.54) is 31.3 Å². The molecule has 1 aromatic carbocycles. The first-order valence-electron chi connectivity index (χ1n) is 3.91. The summed E-state index contributed by atoms with van der Waals surface area (Å²) >= 11 is 0. The fourth-order valence-electron chi connectivity index (χ4n) is 0.834. The van der Waals surface area contributed by atoms with Crippen molar-refractivity contribution in [2.75, 3.05) is 0 Å². The summed E-state index contributed by atoms with van der Waals surface area (Å²) in [5.74, 6) is -0.419. The maximum Gasteiger partial charge on any atom is 0.236 e. The molecule has 0 heterocycles. The number of aromatic hydroxyl groups is 2. The van der Waals surface area contributed by atoms with Gasteiger partial charge in [0.2, 0.25) is 5.91 Å². The molecular weight excluding hydrogens is 184 g/mol. The first kappa shape index (κ1) is 10.0.